The zero-order valence-corrected chi connectivity index (χ0v) is 11.3. The smallest absolute Gasteiger partial charge is 0.185 e. The fourth-order valence-corrected chi connectivity index (χ4v) is 1.93. The molecule has 0 atom stereocenters. The highest BCUT2D eigenvalue weighted by Crippen LogP contribution is 2.25. The van der Waals surface area contributed by atoms with E-state index in [-0.39, 0.29) is 17.0 Å². The fourth-order valence-electron chi connectivity index (χ4n) is 1.93. The topological polar surface area (TPSA) is 34.1 Å². The Labute approximate surface area is 109 Å². The summed E-state index contributed by atoms with van der Waals surface area (Å²) in [5, 5.41) is 0. The zero-order chi connectivity index (χ0) is 13.6. The average Bonchev–Trinajstić information content (AvgIpc) is 2.28. The Morgan fingerprint density at radius 1 is 1.17 bits per heavy atom. The van der Waals surface area contributed by atoms with Gasteiger partial charge in [0.05, 0.1) is 0 Å². The molecule has 2 nitrogen and oxygen atoms in total. The summed E-state index contributed by atoms with van der Waals surface area (Å²) in [6.07, 6.45) is 4.72. The third-order valence-corrected chi connectivity index (χ3v) is 2.73. The number of ketones is 2. The van der Waals surface area contributed by atoms with Crippen molar-refractivity contribution < 1.29 is 9.59 Å². The fraction of sp³-hybridized carbons (Fsp3) is 0.375. The predicted molar refractivity (Wildman–Crippen MR) is 73.6 cm³/mol. The van der Waals surface area contributed by atoms with Gasteiger partial charge in [0.1, 0.15) is 5.78 Å². The minimum atomic E-state index is -0.0840. The maximum Gasteiger partial charge on any atom is 0.185 e. The van der Waals surface area contributed by atoms with Crippen LogP contribution in [0, 0.1) is 5.41 Å². The van der Waals surface area contributed by atoms with Gasteiger partial charge in [0, 0.05) is 12.0 Å². The summed E-state index contributed by atoms with van der Waals surface area (Å²) in [6, 6.07) is 9.18. The summed E-state index contributed by atoms with van der Waals surface area (Å²) in [6.45, 7) is 5.66. The molecule has 0 radical (unpaired) electrons. The van der Waals surface area contributed by atoms with Gasteiger partial charge in [-0.2, -0.15) is 0 Å². The lowest BCUT2D eigenvalue weighted by molar-refractivity contribution is -0.118. The van der Waals surface area contributed by atoms with Gasteiger partial charge in [-0.1, -0.05) is 50.3 Å². The SMILES string of the molecule is CC(=O)CC(C)(C)C/C=C/C(=O)c1ccccc1. The minimum Gasteiger partial charge on any atom is -0.300 e. The van der Waals surface area contributed by atoms with Crippen molar-refractivity contribution >= 4 is 11.6 Å². The largest absolute Gasteiger partial charge is 0.300 e. The molecule has 96 valence electrons. The summed E-state index contributed by atoms with van der Waals surface area (Å²) in [5.41, 5.74) is 0.609. The minimum absolute atomic E-state index is 0.00854. The highest BCUT2D eigenvalue weighted by Gasteiger charge is 2.18. The van der Waals surface area contributed by atoms with E-state index in [9.17, 15) is 9.59 Å². The highest BCUT2D eigenvalue weighted by atomic mass is 16.1. The van der Waals surface area contributed by atoms with Crippen molar-refractivity contribution in [2.45, 2.75) is 33.6 Å². The van der Waals surface area contributed by atoms with Gasteiger partial charge in [0.15, 0.2) is 5.78 Å². The van der Waals surface area contributed by atoms with Crippen LogP contribution in [-0.2, 0) is 4.79 Å². The van der Waals surface area contributed by atoms with E-state index in [4.69, 9.17) is 0 Å². The molecule has 0 saturated heterocycles. The molecule has 0 unspecified atom stereocenters. The molecule has 1 aromatic rings. The molecule has 0 fully saturated rings. The van der Waals surface area contributed by atoms with Crippen molar-refractivity contribution in [2.24, 2.45) is 5.41 Å². The van der Waals surface area contributed by atoms with E-state index in [0.29, 0.717) is 12.0 Å². The molecule has 0 bridgehead atoms. The number of Topliss-reactive ketones (excluding diaryl/α,β-unsaturated/α-hetero) is 1. The van der Waals surface area contributed by atoms with E-state index >= 15 is 0 Å². The molecule has 0 heterocycles. The summed E-state index contributed by atoms with van der Waals surface area (Å²) >= 11 is 0. The number of rotatable bonds is 6. The Hall–Kier alpha value is -1.70. The second-order valence-corrected chi connectivity index (χ2v) is 5.38. The van der Waals surface area contributed by atoms with E-state index in [0.717, 1.165) is 6.42 Å². The Balaban J connectivity index is 2.56. The van der Waals surface area contributed by atoms with Crippen LogP contribution in [0.4, 0.5) is 0 Å². The monoisotopic (exact) mass is 244 g/mol. The van der Waals surface area contributed by atoms with Crippen molar-refractivity contribution in [3.05, 3.63) is 48.0 Å². The quantitative estimate of drug-likeness (QED) is 0.563. The first-order valence-corrected chi connectivity index (χ1v) is 6.16. The molecule has 2 heteroatoms. The maximum atomic E-state index is 11.8. The van der Waals surface area contributed by atoms with Crippen LogP contribution >= 0.6 is 0 Å². The molecule has 0 aliphatic rings. The van der Waals surface area contributed by atoms with Crippen LogP contribution in [0.5, 0.6) is 0 Å². The first kappa shape index (κ1) is 14.4. The lowest BCUT2D eigenvalue weighted by Gasteiger charge is -2.20. The number of carbonyl (C=O) groups excluding carboxylic acids is 2. The normalized spacial score (nSPS) is 11.7. The molecule has 0 aliphatic heterocycles. The van der Waals surface area contributed by atoms with Crippen molar-refractivity contribution in [1.29, 1.82) is 0 Å². The van der Waals surface area contributed by atoms with Gasteiger partial charge in [0.2, 0.25) is 0 Å². The third-order valence-electron chi connectivity index (χ3n) is 2.73. The van der Waals surface area contributed by atoms with E-state index < -0.39 is 0 Å². The number of carbonyl (C=O) groups is 2. The second kappa shape index (κ2) is 6.29. The molecule has 0 aliphatic carbocycles. The zero-order valence-electron chi connectivity index (χ0n) is 11.3. The second-order valence-electron chi connectivity index (χ2n) is 5.38. The van der Waals surface area contributed by atoms with Crippen LogP contribution in [-0.4, -0.2) is 11.6 Å². The molecule has 1 rings (SSSR count). The molecular weight excluding hydrogens is 224 g/mol. The van der Waals surface area contributed by atoms with Crippen molar-refractivity contribution in [3.63, 3.8) is 0 Å². The van der Waals surface area contributed by atoms with Gasteiger partial charge < -0.3 is 4.79 Å². The van der Waals surface area contributed by atoms with E-state index in [1.54, 1.807) is 25.1 Å². The summed E-state index contributed by atoms with van der Waals surface area (Å²) < 4.78 is 0. The average molecular weight is 244 g/mol. The van der Waals surface area contributed by atoms with Gasteiger partial charge in [-0.15, -0.1) is 0 Å². The van der Waals surface area contributed by atoms with Crippen molar-refractivity contribution in [2.75, 3.05) is 0 Å². The van der Waals surface area contributed by atoms with Crippen LogP contribution in [0.3, 0.4) is 0 Å². The number of hydrogen-bond donors (Lipinski definition) is 0. The molecule has 0 saturated carbocycles. The molecular formula is C16H20O2. The molecule has 0 spiro atoms. The summed E-state index contributed by atoms with van der Waals surface area (Å²) in [5.74, 6) is 0.192. The van der Waals surface area contributed by atoms with E-state index in [1.165, 1.54) is 0 Å². The Morgan fingerprint density at radius 3 is 2.33 bits per heavy atom. The Kier molecular flexibility index (Phi) is 5.02. The molecule has 0 N–H and O–H groups in total. The Morgan fingerprint density at radius 2 is 1.78 bits per heavy atom. The van der Waals surface area contributed by atoms with Crippen LogP contribution in [0.1, 0.15) is 44.0 Å². The van der Waals surface area contributed by atoms with Gasteiger partial charge in [-0.25, -0.2) is 0 Å². The van der Waals surface area contributed by atoms with Crippen LogP contribution in [0.25, 0.3) is 0 Å². The first-order chi connectivity index (χ1) is 8.41. The third kappa shape index (κ3) is 5.09. The maximum absolute atomic E-state index is 11.8. The molecule has 0 amide bonds. The van der Waals surface area contributed by atoms with Crippen LogP contribution in [0.15, 0.2) is 42.5 Å². The Bertz CT molecular complexity index is 441. The summed E-state index contributed by atoms with van der Waals surface area (Å²) in [7, 11) is 0. The standard InChI is InChI=1S/C16H20O2/c1-13(17)12-16(2,3)11-7-10-15(18)14-8-5-4-6-9-14/h4-10H,11-12H2,1-3H3/b10-7+. The van der Waals surface area contributed by atoms with Gasteiger partial charge in [-0.3, -0.25) is 4.79 Å². The highest BCUT2D eigenvalue weighted by molar-refractivity contribution is 6.04. The van der Waals surface area contributed by atoms with Gasteiger partial charge in [0.25, 0.3) is 0 Å². The predicted octanol–water partition coefficient (Wildman–Crippen LogP) is 3.82. The number of hydrogen-bond acceptors (Lipinski definition) is 2. The first-order valence-electron chi connectivity index (χ1n) is 6.16. The lowest BCUT2D eigenvalue weighted by Crippen LogP contribution is -2.14. The molecule has 0 aromatic heterocycles. The van der Waals surface area contributed by atoms with Crippen molar-refractivity contribution in [1.82, 2.24) is 0 Å². The van der Waals surface area contributed by atoms with Crippen LogP contribution in [0.2, 0.25) is 0 Å². The molecule has 18 heavy (non-hydrogen) atoms. The summed E-state index contributed by atoms with van der Waals surface area (Å²) in [4.78, 5) is 22.9. The van der Waals surface area contributed by atoms with Gasteiger partial charge >= 0.3 is 0 Å². The number of benzene rings is 1. The lowest BCUT2D eigenvalue weighted by atomic mass is 9.84. The van der Waals surface area contributed by atoms with E-state index in [1.807, 2.05) is 38.1 Å². The van der Waals surface area contributed by atoms with Crippen molar-refractivity contribution in [3.8, 4) is 0 Å². The van der Waals surface area contributed by atoms with E-state index in [2.05, 4.69) is 0 Å². The number of allylic oxidation sites excluding steroid dienone is 2. The van der Waals surface area contributed by atoms with Gasteiger partial charge in [-0.05, 0) is 24.8 Å². The van der Waals surface area contributed by atoms with Crippen LogP contribution < -0.4 is 0 Å². The molecule has 1 aromatic carbocycles.